The van der Waals surface area contributed by atoms with Crippen molar-refractivity contribution >= 4 is 11.9 Å². The molecule has 2 nitrogen and oxygen atoms in total. The number of benzene rings is 1. The van der Waals surface area contributed by atoms with Gasteiger partial charge in [-0.15, -0.1) is 0 Å². The molecule has 0 saturated carbocycles. The van der Waals surface area contributed by atoms with Crippen LogP contribution in [0.4, 0.5) is 5.69 Å². The standard InChI is InChI=1S/C11H15NO/c1-3-9-13-11-8-6-5-7-10(11)12-4-2/h4-8H,3,9H2,1-2H3. The quantitative estimate of drug-likeness (QED) is 0.647. The highest BCUT2D eigenvalue weighted by Gasteiger charge is 1.98. The molecule has 0 saturated heterocycles. The van der Waals surface area contributed by atoms with Crippen LogP contribution >= 0.6 is 0 Å². The summed E-state index contributed by atoms with van der Waals surface area (Å²) in [5.41, 5.74) is 0.901. The van der Waals surface area contributed by atoms with Gasteiger partial charge in [-0.3, -0.25) is 4.99 Å². The summed E-state index contributed by atoms with van der Waals surface area (Å²) in [6.45, 7) is 4.73. The number of para-hydroxylation sites is 2. The summed E-state index contributed by atoms with van der Waals surface area (Å²) in [7, 11) is 0. The van der Waals surface area contributed by atoms with Gasteiger partial charge < -0.3 is 4.74 Å². The Morgan fingerprint density at radius 3 is 2.85 bits per heavy atom. The lowest BCUT2D eigenvalue weighted by molar-refractivity contribution is 0.318. The lowest BCUT2D eigenvalue weighted by Crippen LogP contribution is -1.94. The molecule has 0 atom stereocenters. The van der Waals surface area contributed by atoms with Crippen LogP contribution in [0, 0.1) is 0 Å². The maximum absolute atomic E-state index is 5.53. The van der Waals surface area contributed by atoms with E-state index < -0.39 is 0 Å². The predicted octanol–water partition coefficient (Wildman–Crippen LogP) is 3.20. The van der Waals surface area contributed by atoms with Crippen molar-refractivity contribution in [2.45, 2.75) is 20.3 Å². The van der Waals surface area contributed by atoms with Crippen LogP contribution in [-0.2, 0) is 0 Å². The van der Waals surface area contributed by atoms with Gasteiger partial charge >= 0.3 is 0 Å². The monoisotopic (exact) mass is 177 g/mol. The summed E-state index contributed by atoms with van der Waals surface area (Å²) >= 11 is 0. The molecule has 0 amide bonds. The van der Waals surface area contributed by atoms with Crippen LogP contribution in [0.3, 0.4) is 0 Å². The molecule has 0 unspecified atom stereocenters. The Hall–Kier alpha value is -1.31. The Kier molecular flexibility index (Phi) is 4.03. The molecule has 70 valence electrons. The van der Waals surface area contributed by atoms with Gasteiger partial charge in [0.15, 0.2) is 0 Å². The normalized spacial score (nSPS) is 10.6. The van der Waals surface area contributed by atoms with Gasteiger partial charge in [-0.25, -0.2) is 0 Å². The molecule has 0 aliphatic heterocycles. The van der Waals surface area contributed by atoms with Gasteiger partial charge in [-0.05, 0) is 25.5 Å². The number of aliphatic imine (C=N–C) groups is 1. The first-order valence-electron chi connectivity index (χ1n) is 4.59. The second-order valence-electron chi connectivity index (χ2n) is 2.70. The van der Waals surface area contributed by atoms with Gasteiger partial charge in [-0.1, -0.05) is 19.1 Å². The lowest BCUT2D eigenvalue weighted by Gasteiger charge is -2.06. The Morgan fingerprint density at radius 1 is 1.38 bits per heavy atom. The highest BCUT2D eigenvalue weighted by atomic mass is 16.5. The third-order valence-electron chi connectivity index (χ3n) is 1.60. The summed E-state index contributed by atoms with van der Waals surface area (Å²) in [6, 6.07) is 7.81. The molecule has 2 heteroatoms. The van der Waals surface area contributed by atoms with E-state index in [1.54, 1.807) is 6.21 Å². The minimum Gasteiger partial charge on any atom is -0.491 e. The number of ether oxygens (including phenoxy) is 1. The molecule has 0 heterocycles. The van der Waals surface area contributed by atoms with Crippen LogP contribution in [0.5, 0.6) is 5.75 Å². The van der Waals surface area contributed by atoms with E-state index in [0.29, 0.717) is 0 Å². The van der Waals surface area contributed by atoms with Gasteiger partial charge in [0, 0.05) is 6.21 Å². The fourth-order valence-electron chi connectivity index (χ4n) is 1.04. The molecule has 0 aliphatic carbocycles. The molecule has 0 aliphatic rings. The zero-order valence-electron chi connectivity index (χ0n) is 8.16. The molecule has 13 heavy (non-hydrogen) atoms. The largest absolute Gasteiger partial charge is 0.491 e. The van der Waals surface area contributed by atoms with Crippen LogP contribution < -0.4 is 4.74 Å². The number of nitrogens with zero attached hydrogens (tertiary/aromatic N) is 1. The first kappa shape index (κ1) is 9.78. The summed E-state index contributed by atoms with van der Waals surface area (Å²) in [6.07, 6.45) is 2.79. The fourth-order valence-corrected chi connectivity index (χ4v) is 1.04. The molecule has 0 N–H and O–H groups in total. The van der Waals surface area contributed by atoms with E-state index in [9.17, 15) is 0 Å². The predicted molar refractivity (Wildman–Crippen MR) is 56.1 cm³/mol. The van der Waals surface area contributed by atoms with E-state index in [1.807, 2.05) is 31.2 Å². The second-order valence-corrected chi connectivity index (χ2v) is 2.70. The van der Waals surface area contributed by atoms with Gasteiger partial charge in [0.2, 0.25) is 0 Å². The second kappa shape index (κ2) is 5.36. The average molecular weight is 177 g/mol. The average Bonchev–Trinajstić information content (AvgIpc) is 2.17. The third kappa shape index (κ3) is 2.90. The van der Waals surface area contributed by atoms with Crippen molar-refractivity contribution in [3.05, 3.63) is 24.3 Å². The fraction of sp³-hybridized carbons (Fsp3) is 0.364. The van der Waals surface area contributed by atoms with Gasteiger partial charge in [0.25, 0.3) is 0 Å². The minimum atomic E-state index is 0.746. The molecular formula is C11H15NO. The Balaban J connectivity index is 2.78. The van der Waals surface area contributed by atoms with E-state index in [0.717, 1.165) is 24.5 Å². The van der Waals surface area contributed by atoms with Crippen LogP contribution in [0.25, 0.3) is 0 Å². The Morgan fingerprint density at radius 2 is 2.15 bits per heavy atom. The first-order chi connectivity index (χ1) is 6.38. The van der Waals surface area contributed by atoms with E-state index in [-0.39, 0.29) is 0 Å². The maximum atomic E-state index is 5.53. The molecule has 1 rings (SSSR count). The molecular weight excluding hydrogens is 162 g/mol. The van der Waals surface area contributed by atoms with Crippen LogP contribution in [-0.4, -0.2) is 12.8 Å². The topological polar surface area (TPSA) is 21.6 Å². The van der Waals surface area contributed by atoms with E-state index in [2.05, 4.69) is 11.9 Å². The van der Waals surface area contributed by atoms with Crippen LogP contribution in [0.15, 0.2) is 29.3 Å². The van der Waals surface area contributed by atoms with Gasteiger partial charge in [-0.2, -0.15) is 0 Å². The SMILES string of the molecule is CC=Nc1ccccc1OCCC. The van der Waals surface area contributed by atoms with Crippen molar-refractivity contribution in [2.24, 2.45) is 4.99 Å². The van der Waals surface area contributed by atoms with Crippen molar-refractivity contribution in [1.82, 2.24) is 0 Å². The Labute approximate surface area is 79.3 Å². The number of rotatable bonds is 4. The molecule has 0 bridgehead atoms. The van der Waals surface area contributed by atoms with Crippen molar-refractivity contribution in [3.8, 4) is 5.75 Å². The van der Waals surface area contributed by atoms with E-state index in [4.69, 9.17) is 4.74 Å². The van der Waals surface area contributed by atoms with Crippen molar-refractivity contribution in [2.75, 3.05) is 6.61 Å². The summed E-state index contributed by atoms with van der Waals surface area (Å²) < 4.78 is 5.53. The molecule has 1 aromatic rings. The zero-order valence-corrected chi connectivity index (χ0v) is 8.16. The highest BCUT2D eigenvalue weighted by molar-refractivity contribution is 5.64. The lowest BCUT2D eigenvalue weighted by atomic mass is 10.3. The molecule has 0 fully saturated rings. The van der Waals surface area contributed by atoms with Crippen LogP contribution in [0.1, 0.15) is 20.3 Å². The van der Waals surface area contributed by atoms with Crippen molar-refractivity contribution in [1.29, 1.82) is 0 Å². The highest BCUT2D eigenvalue weighted by Crippen LogP contribution is 2.26. The van der Waals surface area contributed by atoms with E-state index in [1.165, 1.54) is 0 Å². The Bertz CT molecular complexity index is 281. The van der Waals surface area contributed by atoms with Gasteiger partial charge in [0.05, 0.1) is 6.61 Å². The molecule has 0 spiro atoms. The smallest absolute Gasteiger partial charge is 0.144 e. The molecule has 0 aromatic heterocycles. The third-order valence-corrected chi connectivity index (χ3v) is 1.60. The van der Waals surface area contributed by atoms with Crippen LogP contribution in [0.2, 0.25) is 0 Å². The summed E-state index contributed by atoms with van der Waals surface area (Å²) in [5, 5.41) is 0. The summed E-state index contributed by atoms with van der Waals surface area (Å²) in [5.74, 6) is 0.863. The zero-order chi connectivity index (χ0) is 9.52. The molecule has 1 aromatic carbocycles. The molecule has 0 radical (unpaired) electrons. The van der Waals surface area contributed by atoms with Crippen molar-refractivity contribution in [3.63, 3.8) is 0 Å². The number of hydrogen-bond acceptors (Lipinski definition) is 2. The summed E-state index contributed by atoms with van der Waals surface area (Å²) in [4.78, 5) is 4.21. The number of hydrogen-bond donors (Lipinski definition) is 0. The maximum Gasteiger partial charge on any atom is 0.144 e. The van der Waals surface area contributed by atoms with E-state index >= 15 is 0 Å². The minimum absolute atomic E-state index is 0.746. The van der Waals surface area contributed by atoms with Crippen molar-refractivity contribution < 1.29 is 4.74 Å². The van der Waals surface area contributed by atoms with Gasteiger partial charge in [0.1, 0.15) is 11.4 Å². The first-order valence-corrected chi connectivity index (χ1v) is 4.59.